The van der Waals surface area contributed by atoms with Crippen LogP contribution in [0.3, 0.4) is 0 Å². The van der Waals surface area contributed by atoms with Gasteiger partial charge in [0, 0.05) is 24.5 Å². The van der Waals surface area contributed by atoms with Crippen LogP contribution in [0.5, 0.6) is 5.75 Å². The summed E-state index contributed by atoms with van der Waals surface area (Å²) in [5.74, 6) is -0.987. The second-order valence-electron chi connectivity index (χ2n) is 5.82. The van der Waals surface area contributed by atoms with Gasteiger partial charge in [0.1, 0.15) is 5.75 Å². The summed E-state index contributed by atoms with van der Waals surface area (Å²) in [7, 11) is 0. The van der Waals surface area contributed by atoms with Crippen molar-refractivity contribution in [3.05, 3.63) is 54.1 Å². The summed E-state index contributed by atoms with van der Waals surface area (Å²) in [6, 6.07) is 13.1. The molecule has 7 nitrogen and oxygen atoms in total. The minimum Gasteiger partial charge on any atom is -0.508 e. The van der Waals surface area contributed by atoms with E-state index in [1.54, 1.807) is 0 Å². The molecular formula is C19H20N2O5. The van der Waals surface area contributed by atoms with Crippen LogP contribution in [0.2, 0.25) is 0 Å². The van der Waals surface area contributed by atoms with Gasteiger partial charge in [-0.25, -0.2) is 4.79 Å². The Hall–Kier alpha value is -3.06. The van der Waals surface area contributed by atoms with Crippen molar-refractivity contribution in [3.63, 3.8) is 0 Å². The average Bonchev–Trinajstić information content (AvgIpc) is 2.68. The third-order valence-electron chi connectivity index (χ3n) is 3.96. The smallest absolute Gasteiger partial charge is 0.338 e. The summed E-state index contributed by atoms with van der Waals surface area (Å²) >= 11 is 0. The normalized spacial score (nSPS) is 13.9. The highest BCUT2D eigenvalue weighted by molar-refractivity contribution is 5.95. The zero-order chi connectivity index (χ0) is 18.4. The van der Waals surface area contributed by atoms with E-state index in [9.17, 15) is 14.7 Å². The quantitative estimate of drug-likeness (QED) is 0.797. The Morgan fingerprint density at radius 2 is 1.69 bits per heavy atom. The molecule has 3 rings (SSSR count). The van der Waals surface area contributed by atoms with E-state index in [0.717, 1.165) is 18.8 Å². The summed E-state index contributed by atoms with van der Waals surface area (Å²) in [6.07, 6.45) is 0. The van der Waals surface area contributed by atoms with E-state index in [2.05, 4.69) is 10.2 Å². The van der Waals surface area contributed by atoms with Crippen LogP contribution in [0.4, 0.5) is 11.4 Å². The molecule has 1 aliphatic heterocycles. The van der Waals surface area contributed by atoms with Gasteiger partial charge in [0.15, 0.2) is 6.61 Å². The summed E-state index contributed by atoms with van der Waals surface area (Å²) < 4.78 is 10.3. The summed E-state index contributed by atoms with van der Waals surface area (Å²) in [5, 5.41) is 11.9. The lowest BCUT2D eigenvalue weighted by Gasteiger charge is -2.28. The van der Waals surface area contributed by atoms with Crippen molar-refractivity contribution in [2.45, 2.75) is 0 Å². The Bertz CT molecular complexity index is 753. The van der Waals surface area contributed by atoms with Crippen LogP contribution >= 0.6 is 0 Å². The van der Waals surface area contributed by atoms with Crippen molar-refractivity contribution < 1.29 is 24.2 Å². The number of phenols is 1. The highest BCUT2D eigenvalue weighted by Crippen LogP contribution is 2.19. The number of rotatable bonds is 5. The van der Waals surface area contributed by atoms with E-state index >= 15 is 0 Å². The lowest BCUT2D eigenvalue weighted by molar-refractivity contribution is -0.119. The molecule has 0 saturated carbocycles. The van der Waals surface area contributed by atoms with E-state index in [1.807, 2.05) is 24.3 Å². The standard InChI is InChI=1S/C19H20N2O5/c22-17-7-1-14(2-8-17)19(24)26-13-18(23)20-15-3-5-16(6-4-15)21-9-11-25-12-10-21/h1-8,22H,9-13H2,(H,20,23). The maximum atomic E-state index is 11.9. The Balaban J connectivity index is 1.48. The zero-order valence-corrected chi connectivity index (χ0v) is 14.2. The summed E-state index contributed by atoms with van der Waals surface area (Å²) in [4.78, 5) is 26.0. The van der Waals surface area contributed by atoms with Crippen molar-refractivity contribution in [3.8, 4) is 5.75 Å². The molecule has 1 heterocycles. The molecule has 0 unspecified atom stereocenters. The van der Waals surface area contributed by atoms with E-state index in [-0.39, 0.29) is 17.9 Å². The number of hydrogen-bond donors (Lipinski definition) is 2. The van der Waals surface area contributed by atoms with Gasteiger partial charge in [-0.05, 0) is 48.5 Å². The molecule has 0 aliphatic carbocycles. The van der Waals surface area contributed by atoms with Crippen LogP contribution in [0.25, 0.3) is 0 Å². The van der Waals surface area contributed by atoms with Crippen LogP contribution in [0.1, 0.15) is 10.4 Å². The molecule has 1 saturated heterocycles. The van der Waals surface area contributed by atoms with Gasteiger partial charge in [0.05, 0.1) is 18.8 Å². The minimum absolute atomic E-state index is 0.0554. The lowest BCUT2D eigenvalue weighted by atomic mass is 10.2. The molecule has 0 spiro atoms. The Kier molecular flexibility index (Phi) is 5.70. The van der Waals surface area contributed by atoms with Gasteiger partial charge >= 0.3 is 5.97 Å². The van der Waals surface area contributed by atoms with Gasteiger partial charge in [-0.2, -0.15) is 0 Å². The molecule has 2 aromatic rings. The van der Waals surface area contributed by atoms with Gasteiger partial charge in [-0.15, -0.1) is 0 Å². The fraction of sp³-hybridized carbons (Fsp3) is 0.263. The number of nitrogens with zero attached hydrogens (tertiary/aromatic N) is 1. The predicted octanol–water partition coefficient (Wildman–Crippen LogP) is 2.02. The maximum absolute atomic E-state index is 11.9. The second kappa shape index (κ2) is 8.35. The molecular weight excluding hydrogens is 336 g/mol. The molecule has 0 atom stereocenters. The van der Waals surface area contributed by atoms with E-state index in [0.29, 0.717) is 18.9 Å². The van der Waals surface area contributed by atoms with Gasteiger partial charge < -0.3 is 24.8 Å². The summed E-state index contributed by atoms with van der Waals surface area (Å²) in [6.45, 7) is 2.73. The van der Waals surface area contributed by atoms with E-state index < -0.39 is 11.9 Å². The molecule has 1 aliphatic rings. The van der Waals surface area contributed by atoms with Crippen molar-refractivity contribution in [2.24, 2.45) is 0 Å². The largest absolute Gasteiger partial charge is 0.508 e. The number of ether oxygens (including phenoxy) is 2. The maximum Gasteiger partial charge on any atom is 0.338 e. The average molecular weight is 356 g/mol. The first-order valence-corrected chi connectivity index (χ1v) is 8.30. The molecule has 0 bridgehead atoms. The number of amides is 1. The lowest BCUT2D eigenvalue weighted by Crippen LogP contribution is -2.36. The van der Waals surface area contributed by atoms with Crippen molar-refractivity contribution in [1.82, 2.24) is 0 Å². The highest BCUT2D eigenvalue weighted by Gasteiger charge is 2.12. The predicted molar refractivity (Wildman–Crippen MR) is 96.5 cm³/mol. The number of nitrogens with one attached hydrogen (secondary N) is 1. The third-order valence-corrected chi connectivity index (χ3v) is 3.96. The second-order valence-corrected chi connectivity index (χ2v) is 5.82. The molecule has 0 radical (unpaired) electrons. The Morgan fingerprint density at radius 3 is 2.35 bits per heavy atom. The van der Waals surface area contributed by atoms with Crippen LogP contribution in [-0.4, -0.2) is 49.9 Å². The van der Waals surface area contributed by atoms with Crippen LogP contribution < -0.4 is 10.2 Å². The molecule has 136 valence electrons. The Labute approximate surface area is 151 Å². The highest BCUT2D eigenvalue weighted by atomic mass is 16.5. The number of anilines is 2. The molecule has 7 heteroatoms. The topological polar surface area (TPSA) is 88.1 Å². The van der Waals surface area contributed by atoms with Crippen LogP contribution in [-0.2, 0) is 14.3 Å². The molecule has 2 N–H and O–H groups in total. The number of carbonyl (C=O) groups excluding carboxylic acids is 2. The van der Waals surface area contributed by atoms with Crippen molar-refractivity contribution >= 4 is 23.3 Å². The molecule has 1 amide bonds. The first-order valence-electron chi connectivity index (χ1n) is 8.30. The van der Waals surface area contributed by atoms with Crippen molar-refractivity contribution in [1.29, 1.82) is 0 Å². The Morgan fingerprint density at radius 1 is 1.04 bits per heavy atom. The number of carbonyl (C=O) groups is 2. The fourth-order valence-corrected chi connectivity index (χ4v) is 2.59. The SMILES string of the molecule is O=C(COC(=O)c1ccc(O)cc1)Nc1ccc(N2CCOCC2)cc1. The number of hydrogen-bond acceptors (Lipinski definition) is 6. The molecule has 1 fully saturated rings. The van der Waals surface area contributed by atoms with Crippen molar-refractivity contribution in [2.75, 3.05) is 43.1 Å². The number of phenolic OH excluding ortho intramolecular Hbond substituents is 1. The monoisotopic (exact) mass is 356 g/mol. The first kappa shape index (κ1) is 17.8. The minimum atomic E-state index is -0.622. The van der Waals surface area contributed by atoms with Gasteiger partial charge in [-0.3, -0.25) is 4.79 Å². The van der Waals surface area contributed by atoms with Gasteiger partial charge in [0.2, 0.25) is 0 Å². The van der Waals surface area contributed by atoms with E-state index in [4.69, 9.17) is 9.47 Å². The molecule has 0 aromatic heterocycles. The number of esters is 1. The number of morpholine rings is 1. The zero-order valence-electron chi connectivity index (χ0n) is 14.2. The van der Waals surface area contributed by atoms with Gasteiger partial charge in [0.25, 0.3) is 5.91 Å². The fourth-order valence-electron chi connectivity index (χ4n) is 2.59. The van der Waals surface area contributed by atoms with E-state index in [1.165, 1.54) is 24.3 Å². The number of benzene rings is 2. The third kappa shape index (κ3) is 4.73. The van der Waals surface area contributed by atoms with Crippen LogP contribution in [0, 0.1) is 0 Å². The summed E-state index contributed by atoms with van der Waals surface area (Å²) in [5.41, 5.74) is 1.98. The first-order chi connectivity index (χ1) is 12.6. The molecule has 2 aromatic carbocycles. The van der Waals surface area contributed by atoms with Crippen LogP contribution in [0.15, 0.2) is 48.5 Å². The number of aromatic hydroxyl groups is 1. The molecule has 26 heavy (non-hydrogen) atoms. The van der Waals surface area contributed by atoms with Gasteiger partial charge in [-0.1, -0.05) is 0 Å².